The molecule has 0 spiro atoms. The van der Waals surface area contributed by atoms with Gasteiger partial charge in [-0.1, -0.05) is 46.6 Å². The topological polar surface area (TPSA) is 68.5 Å². The van der Waals surface area contributed by atoms with Gasteiger partial charge in [0, 0.05) is 19.0 Å². The Morgan fingerprint density at radius 1 is 1.10 bits per heavy atom. The highest BCUT2D eigenvalue weighted by Crippen LogP contribution is 2.35. The third-order valence-electron chi connectivity index (χ3n) is 5.10. The van der Waals surface area contributed by atoms with Gasteiger partial charge >= 0.3 is 0 Å². The molecule has 8 heteroatoms. The molecular formula is C21H19Cl2N3O3. The molecule has 1 saturated heterocycles. The molecule has 1 aliphatic heterocycles. The molecule has 0 atom stereocenters. The Balaban J connectivity index is 1.45. The summed E-state index contributed by atoms with van der Waals surface area (Å²) in [7, 11) is 1.57. The van der Waals surface area contributed by atoms with Gasteiger partial charge < -0.3 is 14.2 Å². The average Bonchev–Trinajstić information content (AvgIpc) is 3.23. The lowest BCUT2D eigenvalue weighted by molar-refractivity contribution is 0.0701. The van der Waals surface area contributed by atoms with Crippen molar-refractivity contribution in [1.29, 1.82) is 0 Å². The molecule has 29 heavy (non-hydrogen) atoms. The fraction of sp³-hybridized carbons (Fsp3) is 0.286. The Morgan fingerprint density at radius 3 is 2.48 bits per heavy atom. The van der Waals surface area contributed by atoms with Gasteiger partial charge in [-0.25, -0.2) is 0 Å². The SMILES string of the molecule is COc1ccccc1C(=O)N1CCC(c2nc(-c3c(Cl)cccc3Cl)no2)CC1. The van der Waals surface area contributed by atoms with Crippen molar-refractivity contribution in [2.45, 2.75) is 18.8 Å². The quantitative estimate of drug-likeness (QED) is 0.576. The van der Waals surface area contributed by atoms with Crippen LogP contribution in [0.25, 0.3) is 11.4 Å². The summed E-state index contributed by atoms with van der Waals surface area (Å²) in [5.74, 6) is 1.55. The van der Waals surface area contributed by atoms with Gasteiger partial charge in [0.15, 0.2) is 0 Å². The number of methoxy groups -OCH3 is 1. The molecule has 3 aromatic rings. The normalized spacial score (nSPS) is 14.8. The Bertz CT molecular complexity index is 1010. The Morgan fingerprint density at radius 2 is 1.79 bits per heavy atom. The highest BCUT2D eigenvalue weighted by Gasteiger charge is 2.29. The fourth-order valence-corrected chi connectivity index (χ4v) is 4.10. The summed E-state index contributed by atoms with van der Waals surface area (Å²) in [5.41, 5.74) is 1.14. The second-order valence-electron chi connectivity index (χ2n) is 6.82. The second kappa shape index (κ2) is 8.43. The van der Waals surface area contributed by atoms with E-state index in [1.54, 1.807) is 37.4 Å². The number of nitrogens with zero attached hydrogens (tertiary/aromatic N) is 3. The highest BCUT2D eigenvalue weighted by atomic mass is 35.5. The van der Waals surface area contributed by atoms with Gasteiger partial charge in [0.2, 0.25) is 11.7 Å². The molecule has 0 saturated carbocycles. The monoisotopic (exact) mass is 431 g/mol. The molecule has 1 fully saturated rings. The number of hydrogen-bond acceptors (Lipinski definition) is 5. The summed E-state index contributed by atoms with van der Waals surface area (Å²) < 4.78 is 10.8. The predicted octanol–water partition coefficient (Wildman–Crippen LogP) is 5.07. The predicted molar refractivity (Wildman–Crippen MR) is 111 cm³/mol. The third kappa shape index (κ3) is 3.95. The van der Waals surface area contributed by atoms with Gasteiger partial charge in [-0.2, -0.15) is 4.98 Å². The van der Waals surface area contributed by atoms with Crippen LogP contribution in [-0.2, 0) is 0 Å². The summed E-state index contributed by atoms with van der Waals surface area (Å²) in [4.78, 5) is 19.2. The van der Waals surface area contributed by atoms with E-state index in [2.05, 4.69) is 10.1 Å². The smallest absolute Gasteiger partial charge is 0.257 e. The summed E-state index contributed by atoms with van der Waals surface area (Å²) >= 11 is 12.5. The van der Waals surface area contributed by atoms with Crippen molar-refractivity contribution < 1.29 is 14.1 Å². The molecule has 0 radical (unpaired) electrons. The number of para-hydroxylation sites is 1. The molecule has 6 nitrogen and oxygen atoms in total. The number of aromatic nitrogens is 2. The van der Waals surface area contributed by atoms with Crippen molar-refractivity contribution in [2.75, 3.05) is 20.2 Å². The standard InChI is InChI=1S/C21H19Cl2N3O3/c1-28-17-8-3-2-5-14(17)21(27)26-11-9-13(10-12-26)20-24-19(25-29-20)18-15(22)6-4-7-16(18)23/h2-8,13H,9-12H2,1H3. The first kappa shape index (κ1) is 19.7. The zero-order valence-corrected chi connectivity index (χ0v) is 17.3. The number of ether oxygens (including phenoxy) is 1. The first-order valence-electron chi connectivity index (χ1n) is 9.28. The number of hydrogen-bond donors (Lipinski definition) is 0. The van der Waals surface area contributed by atoms with Crippen LogP contribution in [0, 0.1) is 0 Å². The van der Waals surface area contributed by atoms with E-state index < -0.39 is 0 Å². The molecule has 4 rings (SSSR count). The second-order valence-corrected chi connectivity index (χ2v) is 7.63. The molecule has 2 heterocycles. The number of carbonyl (C=O) groups is 1. The molecule has 0 unspecified atom stereocenters. The van der Waals surface area contributed by atoms with Gasteiger partial charge in [0.05, 0.1) is 28.3 Å². The Kier molecular flexibility index (Phi) is 5.74. The first-order chi connectivity index (χ1) is 14.1. The molecule has 1 aromatic heterocycles. The number of carbonyl (C=O) groups excluding carboxylic acids is 1. The molecule has 150 valence electrons. The molecule has 1 amide bonds. The Hall–Kier alpha value is -2.57. The van der Waals surface area contributed by atoms with E-state index in [0.29, 0.717) is 51.7 Å². The number of amides is 1. The van der Waals surface area contributed by atoms with Crippen LogP contribution < -0.4 is 4.74 Å². The third-order valence-corrected chi connectivity index (χ3v) is 5.73. The van der Waals surface area contributed by atoms with Crippen LogP contribution in [0.3, 0.4) is 0 Å². The van der Waals surface area contributed by atoms with Crippen LogP contribution in [0.2, 0.25) is 10.0 Å². The maximum atomic E-state index is 12.9. The van der Waals surface area contributed by atoms with E-state index in [-0.39, 0.29) is 11.8 Å². The van der Waals surface area contributed by atoms with Gasteiger partial charge in [-0.3, -0.25) is 4.79 Å². The lowest BCUT2D eigenvalue weighted by Crippen LogP contribution is -2.38. The molecule has 0 aliphatic carbocycles. The molecular weight excluding hydrogens is 413 g/mol. The lowest BCUT2D eigenvalue weighted by atomic mass is 9.96. The molecule has 0 bridgehead atoms. The number of benzene rings is 2. The van der Waals surface area contributed by atoms with Crippen molar-refractivity contribution in [3.8, 4) is 17.1 Å². The maximum Gasteiger partial charge on any atom is 0.257 e. The minimum atomic E-state index is -0.0324. The van der Waals surface area contributed by atoms with E-state index in [4.69, 9.17) is 32.5 Å². The number of likely N-dealkylation sites (tertiary alicyclic amines) is 1. The summed E-state index contributed by atoms with van der Waals surface area (Å²) in [6.45, 7) is 1.21. The van der Waals surface area contributed by atoms with Crippen molar-refractivity contribution >= 4 is 29.1 Å². The number of halogens is 2. The number of piperidine rings is 1. The largest absolute Gasteiger partial charge is 0.496 e. The van der Waals surface area contributed by atoms with Gasteiger partial charge in [0.25, 0.3) is 5.91 Å². The van der Waals surface area contributed by atoms with Crippen LogP contribution in [0.1, 0.15) is 35.0 Å². The van der Waals surface area contributed by atoms with Crippen molar-refractivity contribution in [3.63, 3.8) is 0 Å². The van der Waals surface area contributed by atoms with Gasteiger partial charge in [0.1, 0.15) is 5.75 Å². The van der Waals surface area contributed by atoms with Crippen molar-refractivity contribution in [1.82, 2.24) is 15.0 Å². The van der Waals surface area contributed by atoms with E-state index in [0.717, 1.165) is 12.8 Å². The molecule has 0 N–H and O–H groups in total. The van der Waals surface area contributed by atoms with E-state index in [1.807, 2.05) is 17.0 Å². The van der Waals surface area contributed by atoms with Crippen LogP contribution in [0.5, 0.6) is 5.75 Å². The Labute approximate surface area is 178 Å². The maximum absolute atomic E-state index is 12.9. The van der Waals surface area contributed by atoms with Crippen molar-refractivity contribution in [3.05, 3.63) is 64.0 Å². The van der Waals surface area contributed by atoms with Crippen LogP contribution in [0.4, 0.5) is 0 Å². The number of rotatable bonds is 4. The fourth-order valence-electron chi connectivity index (χ4n) is 3.54. The molecule has 2 aromatic carbocycles. The minimum Gasteiger partial charge on any atom is -0.496 e. The van der Waals surface area contributed by atoms with Crippen LogP contribution in [0.15, 0.2) is 47.0 Å². The van der Waals surface area contributed by atoms with Gasteiger partial charge in [-0.05, 0) is 37.1 Å². The minimum absolute atomic E-state index is 0.0324. The van der Waals surface area contributed by atoms with E-state index >= 15 is 0 Å². The first-order valence-corrected chi connectivity index (χ1v) is 10.0. The summed E-state index contributed by atoms with van der Waals surface area (Å²) in [5, 5.41) is 5.00. The van der Waals surface area contributed by atoms with Crippen molar-refractivity contribution in [2.24, 2.45) is 0 Å². The summed E-state index contributed by atoms with van der Waals surface area (Å²) in [6.07, 6.45) is 1.47. The van der Waals surface area contributed by atoms with Crippen LogP contribution in [-0.4, -0.2) is 41.1 Å². The van der Waals surface area contributed by atoms with E-state index in [1.165, 1.54) is 0 Å². The summed E-state index contributed by atoms with van der Waals surface area (Å²) in [6, 6.07) is 12.5. The lowest BCUT2D eigenvalue weighted by Gasteiger charge is -2.30. The highest BCUT2D eigenvalue weighted by molar-refractivity contribution is 6.38. The van der Waals surface area contributed by atoms with Crippen LogP contribution >= 0.6 is 23.2 Å². The molecule has 1 aliphatic rings. The average molecular weight is 432 g/mol. The van der Waals surface area contributed by atoms with Gasteiger partial charge in [-0.15, -0.1) is 0 Å². The van der Waals surface area contributed by atoms with E-state index in [9.17, 15) is 4.79 Å². The zero-order chi connectivity index (χ0) is 20.4. The zero-order valence-electron chi connectivity index (χ0n) is 15.8.